The minimum Gasteiger partial charge on any atom is -0.385 e. The first-order valence-corrected chi connectivity index (χ1v) is 11.8. The molecule has 1 heterocycles. The van der Waals surface area contributed by atoms with E-state index >= 15 is 0 Å². The molecule has 1 unspecified atom stereocenters. The number of carbonyl (C=O) groups excluding carboxylic acids is 2. The largest absolute Gasteiger partial charge is 0.385 e. The molecule has 3 rings (SSSR count). The van der Waals surface area contributed by atoms with Crippen molar-refractivity contribution in [3.63, 3.8) is 0 Å². The summed E-state index contributed by atoms with van der Waals surface area (Å²) >= 11 is 13.4. The molecule has 2 amide bonds. The molecule has 170 valence electrons. The number of thioether (sulfide) groups is 1. The second-order valence-corrected chi connectivity index (χ2v) is 9.49. The van der Waals surface area contributed by atoms with Gasteiger partial charge in [-0.15, -0.1) is 0 Å². The summed E-state index contributed by atoms with van der Waals surface area (Å²) in [6.45, 7) is 4.88. The average Bonchev–Trinajstić information content (AvgIpc) is 3.02. The molecular formula is C23H25Cl2N3O3S. The van der Waals surface area contributed by atoms with Gasteiger partial charge in [0.15, 0.2) is 5.17 Å². The Labute approximate surface area is 202 Å². The highest BCUT2D eigenvalue weighted by atomic mass is 35.5. The second-order valence-electron chi connectivity index (χ2n) is 7.51. The lowest BCUT2D eigenvalue weighted by molar-refractivity contribution is -0.128. The Hall–Kier alpha value is -2.06. The summed E-state index contributed by atoms with van der Waals surface area (Å²) in [7, 11) is 1.62. The number of anilines is 1. The summed E-state index contributed by atoms with van der Waals surface area (Å²) in [6.07, 6.45) is 0.711. The summed E-state index contributed by atoms with van der Waals surface area (Å²) in [5.41, 5.74) is 3.37. The van der Waals surface area contributed by atoms with Gasteiger partial charge in [-0.2, -0.15) is 0 Å². The zero-order valence-corrected chi connectivity index (χ0v) is 20.5. The first-order chi connectivity index (χ1) is 15.3. The van der Waals surface area contributed by atoms with Crippen molar-refractivity contribution in [2.24, 2.45) is 4.99 Å². The van der Waals surface area contributed by atoms with Crippen LogP contribution in [-0.4, -0.2) is 47.4 Å². The van der Waals surface area contributed by atoms with Crippen LogP contribution in [-0.2, 0) is 14.3 Å². The van der Waals surface area contributed by atoms with Gasteiger partial charge in [0.05, 0.1) is 15.7 Å². The second kappa shape index (κ2) is 11.2. The van der Waals surface area contributed by atoms with E-state index in [0.717, 1.165) is 16.8 Å². The topological polar surface area (TPSA) is 71.0 Å². The van der Waals surface area contributed by atoms with Crippen LogP contribution in [0.25, 0.3) is 0 Å². The number of halogens is 2. The Morgan fingerprint density at radius 1 is 1.19 bits per heavy atom. The van der Waals surface area contributed by atoms with Crippen molar-refractivity contribution in [2.75, 3.05) is 25.6 Å². The minimum absolute atomic E-state index is 0.0536. The van der Waals surface area contributed by atoms with E-state index in [1.165, 1.54) is 11.8 Å². The molecule has 0 bridgehead atoms. The van der Waals surface area contributed by atoms with Gasteiger partial charge in [0, 0.05) is 32.4 Å². The lowest BCUT2D eigenvalue weighted by Gasteiger charge is -2.16. The number of ether oxygens (including phenoxy) is 1. The van der Waals surface area contributed by atoms with E-state index < -0.39 is 5.25 Å². The Bertz CT molecular complexity index is 1050. The maximum absolute atomic E-state index is 13.1. The summed E-state index contributed by atoms with van der Waals surface area (Å²) in [6, 6.07) is 10.9. The molecule has 1 N–H and O–H groups in total. The van der Waals surface area contributed by atoms with Crippen LogP contribution < -0.4 is 5.32 Å². The van der Waals surface area contributed by atoms with E-state index in [-0.39, 0.29) is 18.2 Å². The summed E-state index contributed by atoms with van der Waals surface area (Å²) in [5.74, 6) is -0.349. The number of amidine groups is 1. The van der Waals surface area contributed by atoms with E-state index in [1.54, 1.807) is 30.2 Å². The number of benzene rings is 2. The Kier molecular flexibility index (Phi) is 8.59. The molecule has 0 aromatic heterocycles. The van der Waals surface area contributed by atoms with Crippen LogP contribution in [0.15, 0.2) is 41.4 Å². The monoisotopic (exact) mass is 493 g/mol. The van der Waals surface area contributed by atoms with E-state index in [4.69, 9.17) is 27.9 Å². The quantitative estimate of drug-likeness (QED) is 0.485. The SMILES string of the molecule is COCCCN1C(=O)C(CC(=O)Nc2cc(C)ccc2C)SC1=Nc1ccc(Cl)c(Cl)c1. The van der Waals surface area contributed by atoms with Crippen LogP contribution in [0, 0.1) is 13.8 Å². The van der Waals surface area contributed by atoms with Crippen LogP contribution in [0.2, 0.25) is 10.0 Å². The average molecular weight is 494 g/mol. The van der Waals surface area contributed by atoms with Crippen molar-refractivity contribution >= 4 is 63.3 Å². The lowest BCUT2D eigenvalue weighted by Crippen LogP contribution is -2.34. The number of carbonyl (C=O) groups is 2. The van der Waals surface area contributed by atoms with Gasteiger partial charge in [-0.25, -0.2) is 4.99 Å². The van der Waals surface area contributed by atoms with Crippen molar-refractivity contribution in [3.8, 4) is 0 Å². The highest BCUT2D eigenvalue weighted by Gasteiger charge is 2.39. The van der Waals surface area contributed by atoms with Gasteiger partial charge >= 0.3 is 0 Å². The number of aliphatic imine (C=N–C) groups is 1. The van der Waals surface area contributed by atoms with E-state index in [0.29, 0.717) is 40.5 Å². The molecule has 6 nitrogen and oxygen atoms in total. The molecule has 0 radical (unpaired) electrons. The van der Waals surface area contributed by atoms with Crippen LogP contribution in [0.1, 0.15) is 24.0 Å². The number of methoxy groups -OCH3 is 1. The van der Waals surface area contributed by atoms with Gasteiger partial charge in [-0.05, 0) is 55.7 Å². The number of hydrogen-bond donors (Lipinski definition) is 1. The maximum Gasteiger partial charge on any atom is 0.242 e. The minimum atomic E-state index is -0.552. The van der Waals surface area contributed by atoms with Gasteiger partial charge in [-0.3, -0.25) is 14.5 Å². The molecule has 9 heteroatoms. The first kappa shape index (κ1) is 24.6. The predicted octanol–water partition coefficient (Wildman–Crippen LogP) is 5.61. The summed E-state index contributed by atoms with van der Waals surface area (Å²) in [5, 5.41) is 3.73. The fourth-order valence-electron chi connectivity index (χ4n) is 3.20. The molecule has 1 fully saturated rings. The molecule has 2 aromatic rings. The van der Waals surface area contributed by atoms with Crippen LogP contribution in [0.4, 0.5) is 11.4 Å². The highest BCUT2D eigenvalue weighted by Crippen LogP contribution is 2.34. The van der Waals surface area contributed by atoms with Gasteiger partial charge in [0.2, 0.25) is 11.8 Å². The van der Waals surface area contributed by atoms with Crippen LogP contribution in [0.5, 0.6) is 0 Å². The lowest BCUT2D eigenvalue weighted by atomic mass is 10.1. The first-order valence-electron chi connectivity index (χ1n) is 10.2. The number of amides is 2. The number of aryl methyl sites for hydroxylation is 2. The molecule has 1 saturated heterocycles. The third kappa shape index (κ3) is 6.25. The molecule has 2 aromatic carbocycles. The van der Waals surface area contributed by atoms with Crippen molar-refractivity contribution in [1.29, 1.82) is 0 Å². The fraction of sp³-hybridized carbons (Fsp3) is 0.348. The standard InChI is InChI=1S/C23H25Cl2N3O3S/c1-14-5-6-15(2)19(11-14)27-21(29)13-20-22(30)28(9-4-10-31-3)23(32-20)26-16-7-8-17(24)18(25)12-16/h5-8,11-12,20H,4,9-10,13H2,1-3H3,(H,27,29). The molecule has 0 spiro atoms. The normalized spacial score (nSPS) is 17.3. The third-order valence-corrected chi connectivity index (χ3v) is 6.83. The van der Waals surface area contributed by atoms with Gasteiger partial charge in [0.25, 0.3) is 0 Å². The van der Waals surface area contributed by atoms with Gasteiger partial charge in [0.1, 0.15) is 5.25 Å². The molecular weight excluding hydrogens is 469 g/mol. The van der Waals surface area contributed by atoms with E-state index in [9.17, 15) is 9.59 Å². The van der Waals surface area contributed by atoms with Crippen molar-refractivity contribution < 1.29 is 14.3 Å². The van der Waals surface area contributed by atoms with Gasteiger partial charge < -0.3 is 10.1 Å². The number of rotatable bonds is 8. The zero-order chi connectivity index (χ0) is 23.3. The highest BCUT2D eigenvalue weighted by molar-refractivity contribution is 8.15. The Morgan fingerprint density at radius 2 is 1.97 bits per heavy atom. The number of nitrogens with zero attached hydrogens (tertiary/aromatic N) is 2. The Balaban J connectivity index is 1.77. The third-order valence-electron chi connectivity index (χ3n) is 4.92. The zero-order valence-electron chi connectivity index (χ0n) is 18.2. The molecule has 1 aliphatic rings. The van der Waals surface area contributed by atoms with E-state index in [2.05, 4.69) is 10.3 Å². The summed E-state index contributed by atoms with van der Waals surface area (Å²) < 4.78 is 5.12. The summed E-state index contributed by atoms with van der Waals surface area (Å²) in [4.78, 5) is 32.0. The predicted molar refractivity (Wildman–Crippen MR) is 132 cm³/mol. The van der Waals surface area contributed by atoms with Crippen molar-refractivity contribution in [1.82, 2.24) is 4.90 Å². The molecule has 32 heavy (non-hydrogen) atoms. The molecule has 1 aliphatic heterocycles. The number of nitrogens with one attached hydrogen (secondary N) is 1. The maximum atomic E-state index is 13.1. The van der Waals surface area contributed by atoms with Crippen LogP contribution in [0.3, 0.4) is 0 Å². The number of hydrogen-bond acceptors (Lipinski definition) is 5. The molecule has 0 saturated carbocycles. The fourth-order valence-corrected chi connectivity index (χ4v) is 4.68. The van der Waals surface area contributed by atoms with Crippen LogP contribution >= 0.6 is 35.0 Å². The molecule has 0 aliphatic carbocycles. The van der Waals surface area contributed by atoms with Crippen molar-refractivity contribution in [2.45, 2.75) is 31.9 Å². The smallest absolute Gasteiger partial charge is 0.242 e. The van der Waals surface area contributed by atoms with Gasteiger partial charge in [-0.1, -0.05) is 47.1 Å². The van der Waals surface area contributed by atoms with Crippen molar-refractivity contribution in [3.05, 3.63) is 57.6 Å². The van der Waals surface area contributed by atoms with E-state index in [1.807, 2.05) is 32.0 Å². The molecule has 1 atom stereocenters. The Morgan fingerprint density at radius 3 is 2.69 bits per heavy atom.